The zero-order valence-electron chi connectivity index (χ0n) is 31.7. The summed E-state index contributed by atoms with van der Waals surface area (Å²) in [5, 5.41) is 39.9. The normalized spacial score (nSPS) is 21.4. The molecule has 0 aromatic rings. The molecule has 10 nitrogen and oxygen atoms in total. The lowest BCUT2D eigenvalue weighted by molar-refractivity contribution is -0.305. The van der Waals surface area contributed by atoms with Crippen molar-refractivity contribution in [3.8, 4) is 0 Å². The zero-order chi connectivity index (χ0) is 36.7. The Balaban J connectivity index is 2.31. The highest BCUT2D eigenvalue weighted by atomic mass is 16.7. The molecule has 50 heavy (non-hydrogen) atoms. The van der Waals surface area contributed by atoms with E-state index in [0.29, 0.717) is 6.42 Å². The minimum Gasteiger partial charge on any atom is -0.462 e. The number of esters is 2. The van der Waals surface area contributed by atoms with Crippen LogP contribution in [0.25, 0.3) is 0 Å². The first kappa shape index (κ1) is 46.5. The topological polar surface area (TPSA) is 152 Å². The molecule has 4 N–H and O–H groups in total. The zero-order valence-corrected chi connectivity index (χ0v) is 31.7. The second-order valence-corrected chi connectivity index (χ2v) is 14.1. The number of hydrogen-bond donors (Lipinski definition) is 4. The summed E-state index contributed by atoms with van der Waals surface area (Å²) in [5.41, 5.74) is 0. The monoisotopic (exact) mass is 715 g/mol. The third kappa shape index (κ3) is 23.8. The molecule has 0 radical (unpaired) electrons. The molecule has 0 amide bonds. The first-order chi connectivity index (χ1) is 24.3. The van der Waals surface area contributed by atoms with E-state index in [1.807, 2.05) is 0 Å². The molecule has 10 heteroatoms. The van der Waals surface area contributed by atoms with E-state index in [1.165, 1.54) is 103 Å². The summed E-state index contributed by atoms with van der Waals surface area (Å²) in [4.78, 5) is 25.1. The summed E-state index contributed by atoms with van der Waals surface area (Å²) in [6, 6.07) is 0. The molecule has 1 aliphatic heterocycles. The Labute approximate surface area is 303 Å². The number of ether oxygens (including phenoxy) is 4. The Bertz CT molecular complexity index is 835. The van der Waals surface area contributed by atoms with Crippen LogP contribution in [-0.2, 0) is 28.5 Å². The molecule has 6 atom stereocenters. The molecular formula is C40H74O10. The van der Waals surface area contributed by atoms with Crippen molar-refractivity contribution in [2.45, 2.75) is 211 Å². The Morgan fingerprint density at radius 2 is 1.06 bits per heavy atom. The highest BCUT2D eigenvalue weighted by Gasteiger charge is 2.44. The fourth-order valence-electron chi connectivity index (χ4n) is 6.12. The van der Waals surface area contributed by atoms with Gasteiger partial charge in [-0.25, -0.2) is 0 Å². The van der Waals surface area contributed by atoms with Gasteiger partial charge < -0.3 is 39.4 Å². The average Bonchev–Trinajstić information content (AvgIpc) is 3.11. The lowest BCUT2D eigenvalue weighted by Crippen LogP contribution is -2.59. The third-order valence-corrected chi connectivity index (χ3v) is 9.40. The summed E-state index contributed by atoms with van der Waals surface area (Å²) in [6.45, 7) is 3.37. The molecule has 2 unspecified atom stereocenters. The average molecular weight is 715 g/mol. The van der Waals surface area contributed by atoms with Crippen LogP contribution in [0.5, 0.6) is 0 Å². The van der Waals surface area contributed by atoms with Gasteiger partial charge in [-0.05, 0) is 38.5 Å². The number of aliphatic hydroxyl groups is 4. The largest absolute Gasteiger partial charge is 0.462 e. The van der Waals surface area contributed by atoms with Gasteiger partial charge in [0, 0.05) is 12.8 Å². The molecule has 1 heterocycles. The van der Waals surface area contributed by atoms with Gasteiger partial charge in [0.15, 0.2) is 12.4 Å². The van der Waals surface area contributed by atoms with Gasteiger partial charge in [-0.1, -0.05) is 135 Å². The van der Waals surface area contributed by atoms with E-state index in [4.69, 9.17) is 18.9 Å². The minimum absolute atomic E-state index is 0.214. The van der Waals surface area contributed by atoms with Crippen LogP contribution in [-0.4, -0.2) is 89.0 Å². The van der Waals surface area contributed by atoms with E-state index in [2.05, 4.69) is 26.0 Å². The SMILES string of the molecule is CCCCCC/C=C/CCCCCCCCCCCC(=O)OC[C@@H](CO[C@H]1O[C@@H](CO)[C@@H](O)C(O)C1O)OC(=O)CCCCCCCCCC. The molecule has 1 fully saturated rings. The molecule has 1 rings (SSSR count). The molecule has 0 spiro atoms. The first-order valence-electron chi connectivity index (χ1n) is 20.3. The molecular weight excluding hydrogens is 640 g/mol. The highest BCUT2D eigenvalue weighted by Crippen LogP contribution is 2.22. The van der Waals surface area contributed by atoms with Crippen LogP contribution in [0.3, 0.4) is 0 Å². The molecule has 1 aliphatic rings. The molecule has 1 saturated heterocycles. The summed E-state index contributed by atoms with van der Waals surface area (Å²) >= 11 is 0. The van der Waals surface area contributed by atoms with Gasteiger partial charge >= 0.3 is 11.9 Å². The smallest absolute Gasteiger partial charge is 0.306 e. The maximum atomic E-state index is 12.6. The van der Waals surface area contributed by atoms with E-state index in [0.717, 1.165) is 38.5 Å². The van der Waals surface area contributed by atoms with Crippen molar-refractivity contribution in [3.05, 3.63) is 12.2 Å². The quantitative estimate of drug-likeness (QED) is 0.0304. The van der Waals surface area contributed by atoms with E-state index in [1.54, 1.807) is 0 Å². The molecule has 0 saturated carbocycles. The van der Waals surface area contributed by atoms with Crippen molar-refractivity contribution in [2.75, 3.05) is 19.8 Å². The van der Waals surface area contributed by atoms with Crippen molar-refractivity contribution < 1.29 is 49.0 Å². The molecule has 294 valence electrons. The van der Waals surface area contributed by atoms with E-state index in [-0.39, 0.29) is 32.0 Å². The predicted molar refractivity (Wildman–Crippen MR) is 196 cm³/mol. The van der Waals surface area contributed by atoms with E-state index in [9.17, 15) is 30.0 Å². The fraction of sp³-hybridized carbons (Fsp3) is 0.900. The number of hydrogen-bond acceptors (Lipinski definition) is 10. The summed E-state index contributed by atoms with van der Waals surface area (Å²) in [7, 11) is 0. The van der Waals surface area contributed by atoms with Gasteiger partial charge in [-0.15, -0.1) is 0 Å². The number of carbonyl (C=O) groups is 2. The van der Waals surface area contributed by atoms with Gasteiger partial charge in [0.25, 0.3) is 0 Å². The van der Waals surface area contributed by atoms with Crippen molar-refractivity contribution in [1.82, 2.24) is 0 Å². The molecule has 0 aromatic heterocycles. The Morgan fingerprint density at radius 3 is 1.58 bits per heavy atom. The lowest BCUT2D eigenvalue weighted by atomic mass is 9.99. The van der Waals surface area contributed by atoms with Crippen LogP contribution in [0.1, 0.15) is 174 Å². The second kappa shape index (κ2) is 32.1. The van der Waals surface area contributed by atoms with E-state index >= 15 is 0 Å². The van der Waals surface area contributed by atoms with Gasteiger partial charge in [0.1, 0.15) is 31.0 Å². The Morgan fingerprint density at radius 1 is 0.600 bits per heavy atom. The summed E-state index contributed by atoms with van der Waals surface area (Å²) < 4.78 is 22.0. The van der Waals surface area contributed by atoms with Crippen LogP contribution < -0.4 is 0 Å². The summed E-state index contributed by atoms with van der Waals surface area (Å²) in [5.74, 6) is -0.809. The number of aliphatic hydroxyl groups excluding tert-OH is 4. The summed E-state index contributed by atoms with van der Waals surface area (Å²) in [6.07, 6.45) is 23.8. The lowest BCUT2D eigenvalue weighted by Gasteiger charge is -2.39. The van der Waals surface area contributed by atoms with Gasteiger partial charge in [0.05, 0.1) is 13.2 Å². The number of carbonyl (C=O) groups excluding carboxylic acids is 2. The van der Waals surface area contributed by atoms with Crippen LogP contribution in [0.2, 0.25) is 0 Å². The van der Waals surface area contributed by atoms with Gasteiger partial charge in [-0.3, -0.25) is 9.59 Å². The highest BCUT2D eigenvalue weighted by molar-refractivity contribution is 5.70. The van der Waals surface area contributed by atoms with Crippen LogP contribution in [0, 0.1) is 0 Å². The van der Waals surface area contributed by atoms with E-state index < -0.39 is 49.4 Å². The van der Waals surface area contributed by atoms with Crippen molar-refractivity contribution >= 4 is 11.9 Å². The maximum Gasteiger partial charge on any atom is 0.306 e. The van der Waals surface area contributed by atoms with Gasteiger partial charge in [0.2, 0.25) is 0 Å². The standard InChI is InChI=1S/C40H74O10/c1-3-5-7-9-11-13-14-15-16-17-18-19-20-21-23-24-26-28-35(42)47-31-33(49-36(43)29-27-25-22-12-10-8-6-4-2)32-48-40-39(46)38(45)37(44)34(30-41)50-40/h13-14,33-34,37-41,44-46H,3-12,15-32H2,1-2H3/b14-13+/t33-,34-,37+,38?,39?,40-/m0/s1. The number of unbranched alkanes of at least 4 members (excludes halogenated alkanes) is 20. The molecule has 0 aromatic carbocycles. The fourth-order valence-corrected chi connectivity index (χ4v) is 6.12. The Kier molecular flexibility index (Phi) is 29.8. The van der Waals surface area contributed by atoms with Crippen LogP contribution >= 0.6 is 0 Å². The predicted octanol–water partition coefficient (Wildman–Crippen LogP) is 7.61. The minimum atomic E-state index is -1.59. The number of rotatable bonds is 33. The Hall–Kier alpha value is -1.56. The van der Waals surface area contributed by atoms with Crippen molar-refractivity contribution in [2.24, 2.45) is 0 Å². The van der Waals surface area contributed by atoms with Crippen LogP contribution in [0.15, 0.2) is 12.2 Å². The first-order valence-corrected chi connectivity index (χ1v) is 20.3. The molecule has 0 bridgehead atoms. The van der Waals surface area contributed by atoms with Crippen LogP contribution in [0.4, 0.5) is 0 Å². The third-order valence-electron chi connectivity index (χ3n) is 9.40. The van der Waals surface area contributed by atoms with Crippen molar-refractivity contribution in [1.29, 1.82) is 0 Å². The molecule has 0 aliphatic carbocycles. The van der Waals surface area contributed by atoms with Crippen molar-refractivity contribution in [3.63, 3.8) is 0 Å². The second-order valence-electron chi connectivity index (χ2n) is 14.1. The van der Waals surface area contributed by atoms with Gasteiger partial charge in [-0.2, -0.15) is 0 Å². The maximum absolute atomic E-state index is 12.6. The number of allylic oxidation sites excluding steroid dienone is 2.